The van der Waals surface area contributed by atoms with Gasteiger partial charge in [0.25, 0.3) is 0 Å². The van der Waals surface area contributed by atoms with Crippen LogP contribution in [0.25, 0.3) is 5.57 Å². The highest BCUT2D eigenvalue weighted by Crippen LogP contribution is 2.43. The van der Waals surface area contributed by atoms with Crippen molar-refractivity contribution in [3.8, 4) is 0 Å². The van der Waals surface area contributed by atoms with Gasteiger partial charge in [-0.1, -0.05) is 60.7 Å². The zero-order valence-corrected chi connectivity index (χ0v) is 18.0. The van der Waals surface area contributed by atoms with Gasteiger partial charge in [-0.2, -0.15) is 5.10 Å². The highest BCUT2D eigenvalue weighted by atomic mass is 32.2. The zero-order chi connectivity index (χ0) is 21.4. The molecule has 2 aromatic carbocycles. The second kappa shape index (κ2) is 8.26. The van der Waals surface area contributed by atoms with Crippen molar-refractivity contribution in [1.29, 1.82) is 0 Å². The number of hydrogen-bond donors (Lipinski definition) is 2. The van der Waals surface area contributed by atoms with E-state index in [4.69, 9.17) is 22.7 Å². The molecule has 0 bridgehead atoms. The molecule has 2 aliphatic rings. The van der Waals surface area contributed by atoms with Gasteiger partial charge in [-0.3, -0.25) is 14.8 Å². The maximum absolute atomic E-state index is 12.6. The lowest BCUT2D eigenvalue weighted by Gasteiger charge is -2.48. The lowest BCUT2D eigenvalue weighted by atomic mass is 10.0. The Morgan fingerprint density at radius 3 is 2.39 bits per heavy atom. The molecular formula is C22H19N5O2S2. The predicted octanol–water partition coefficient (Wildman–Crippen LogP) is 2.89. The maximum atomic E-state index is 12.6. The summed E-state index contributed by atoms with van der Waals surface area (Å²) < 4.78 is 6.39. The molecule has 2 atom stereocenters. The summed E-state index contributed by atoms with van der Waals surface area (Å²) in [6, 6.07) is 19.2. The molecule has 3 N–H and O–H groups in total. The minimum atomic E-state index is -0.543. The summed E-state index contributed by atoms with van der Waals surface area (Å²) in [7, 11) is 0. The predicted molar refractivity (Wildman–Crippen MR) is 123 cm³/mol. The average Bonchev–Trinajstić information content (AvgIpc) is 3.37. The van der Waals surface area contributed by atoms with Crippen LogP contribution in [0.3, 0.4) is 0 Å². The summed E-state index contributed by atoms with van der Waals surface area (Å²) in [4.78, 5) is 18.5. The molecule has 1 aromatic heterocycles. The number of carbonyl (C=O) groups excluding carboxylic acids is 1. The zero-order valence-electron chi connectivity index (χ0n) is 16.3. The fourth-order valence-electron chi connectivity index (χ4n) is 3.78. The largest absolute Gasteiger partial charge is 0.469 e. The second-order valence-corrected chi connectivity index (χ2v) is 8.68. The van der Waals surface area contributed by atoms with Crippen LogP contribution in [0.2, 0.25) is 0 Å². The van der Waals surface area contributed by atoms with Crippen LogP contribution in [0, 0.1) is 0 Å². The summed E-state index contributed by atoms with van der Waals surface area (Å²) in [5, 5.41) is 6.90. The summed E-state index contributed by atoms with van der Waals surface area (Å²) in [6.07, 6.45) is 1.01. The molecule has 1 saturated heterocycles. The molecule has 0 saturated carbocycles. The number of thiocarbonyl (C=S) groups is 1. The number of nitrogens with zero attached hydrogens (tertiary/aromatic N) is 3. The van der Waals surface area contributed by atoms with Crippen molar-refractivity contribution in [2.24, 2.45) is 5.73 Å². The van der Waals surface area contributed by atoms with E-state index in [9.17, 15) is 4.79 Å². The minimum Gasteiger partial charge on any atom is -0.469 e. The number of aromatic nitrogens is 3. The summed E-state index contributed by atoms with van der Waals surface area (Å²) in [6.45, 7) is 0. The molecule has 3 aromatic rings. The Labute approximate surface area is 188 Å². The third kappa shape index (κ3) is 3.54. The maximum Gasteiger partial charge on any atom is 0.248 e. The van der Waals surface area contributed by atoms with Crippen LogP contribution in [-0.4, -0.2) is 48.2 Å². The van der Waals surface area contributed by atoms with Crippen molar-refractivity contribution in [1.82, 2.24) is 20.1 Å². The smallest absolute Gasteiger partial charge is 0.248 e. The average molecular weight is 450 g/mol. The van der Waals surface area contributed by atoms with Gasteiger partial charge in [-0.15, -0.1) is 11.8 Å². The molecule has 0 radical (unpaired) electrons. The lowest BCUT2D eigenvalue weighted by Crippen LogP contribution is -2.68. The van der Waals surface area contributed by atoms with E-state index < -0.39 is 12.1 Å². The van der Waals surface area contributed by atoms with Gasteiger partial charge in [-0.25, -0.2) is 4.98 Å². The molecule has 31 heavy (non-hydrogen) atoms. The Morgan fingerprint density at radius 1 is 1.16 bits per heavy atom. The van der Waals surface area contributed by atoms with Gasteiger partial charge in [0.2, 0.25) is 11.0 Å². The number of fused-ring (bicyclic) bond motifs is 1. The van der Waals surface area contributed by atoms with Crippen LogP contribution in [0.4, 0.5) is 0 Å². The Bertz CT molecular complexity index is 1100. The third-order valence-corrected chi connectivity index (χ3v) is 6.92. The highest BCUT2D eigenvalue weighted by molar-refractivity contribution is 8.00. The first-order valence-electron chi connectivity index (χ1n) is 9.75. The first-order valence-corrected chi connectivity index (χ1v) is 11.2. The molecule has 7 nitrogen and oxygen atoms in total. The molecule has 156 valence electrons. The Hall–Kier alpha value is -3.01. The van der Waals surface area contributed by atoms with E-state index in [0.29, 0.717) is 17.3 Å². The molecule has 2 aliphatic heterocycles. The summed E-state index contributed by atoms with van der Waals surface area (Å²) >= 11 is 7.35. The number of carbonyl (C=O) groups is 1. The van der Waals surface area contributed by atoms with E-state index >= 15 is 0 Å². The number of nitrogens with two attached hydrogens (primary N) is 1. The third-order valence-electron chi connectivity index (χ3n) is 5.33. The molecule has 1 amide bonds. The van der Waals surface area contributed by atoms with Crippen molar-refractivity contribution < 1.29 is 9.53 Å². The number of amides is 1. The number of benzene rings is 2. The Kier molecular flexibility index (Phi) is 5.31. The Morgan fingerprint density at radius 2 is 1.81 bits per heavy atom. The van der Waals surface area contributed by atoms with Crippen LogP contribution in [0.5, 0.6) is 0 Å². The van der Waals surface area contributed by atoms with Gasteiger partial charge in [0.15, 0.2) is 5.82 Å². The van der Waals surface area contributed by atoms with Crippen molar-refractivity contribution in [3.05, 3.63) is 89.6 Å². The first kappa shape index (κ1) is 19.9. The number of thioether (sulfide) groups is 1. The van der Waals surface area contributed by atoms with Crippen LogP contribution < -0.4 is 5.73 Å². The molecule has 1 fully saturated rings. The molecule has 5 rings (SSSR count). The van der Waals surface area contributed by atoms with E-state index in [0.717, 1.165) is 16.7 Å². The SMILES string of the molecule is N[C@@H]1C(=O)N2C(C(=S)OC(c3ccccc3)c3ccccc3)=C(c3ncn[nH]3)CS[C@H]12. The van der Waals surface area contributed by atoms with E-state index in [-0.39, 0.29) is 16.3 Å². The topological polar surface area (TPSA) is 97.1 Å². The number of β-lactam (4-membered cyclic amide) rings is 1. The normalized spacial score (nSPS) is 20.5. The van der Waals surface area contributed by atoms with Crippen molar-refractivity contribution in [3.63, 3.8) is 0 Å². The van der Waals surface area contributed by atoms with Crippen LogP contribution in [0.15, 0.2) is 72.7 Å². The number of rotatable bonds is 5. The van der Waals surface area contributed by atoms with E-state index in [1.807, 2.05) is 60.7 Å². The van der Waals surface area contributed by atoms with Crippen molar-refractivity contribution >= 4 is 40.5 Å². The second-order valence-electron chi connectivity index (χ2n) is 7.20. The van der Waals surface area contributed by atoms with Crippen LogP contribution >= 0.6 is 24.0 Å². The van der Waals surface area contributed by atoms with Gasteiger partial charge in [0.1, 0.15) is 29.5 Å². The first-order chi connectivity index (χ1) is 15.1. The number of nitrogens with one attached hydrogen (secondary N) is 1. The van der Waals surface area contributed by atoms with Crippen LogP contribution in [-0.2, 0) is 9.53 Å². The van der Waals surface area contributed by atoms with Gasteiger partial charge in [-0.05, 0) is 23.3 Å². The molecular weight excluding hydrogens is 430 g/mol. The quantitative estimate of drug-likeness (QED) is 0.457. The van der Waals surface area contributed by atoms with Gasteiger partial charge < -0.3 is 10.5 Å². The standard InChI is InChI=1S/C22H19N5O2S2/c23-16-20(28)27-17(15(11-31-21(16)27)19-24-12-25-26-19)22(30)29-18(13-7-3-1-4-8-13)14-9-5-2-6-10-14/h1-10,12,16,18,21H,11,23H2,(H,24,25,26)/t16-,21-/m1/s1. The number of hydrogen-bond acceptors (Lipinski definition) is 7. The monoisotopic (exact) mass is 449 g/mol. The molecule has 0 aliphatic carbocycles. The Balaban J connectivity index is 1.55. The minimum absolute atomic E-state index is 0.164. The fourth-order valence-corrected chi connectivity index (χ4v) is 5.40. The van der Waals surface area contributed by atoms with E-state index in [1.54, 1.807) is 16.7 Å². The van der Waals surface area contributed by atoms with E-state index in [1.165, 1.54) is 6.33 Å². The van der Waals surface area contributed by atoms with Crippen molar-refractivity contribution in [2.75, 3.05) is 5.75 Å². The number of aromatic amines is 1. The van der Waals surface area contributed by atoms with Gasteiger partial charge >= 0.3 is 0 Å². The lowest BCUT2D eigenvalue weighted by molar-refractivity contribution is -0.140. The summed E-state index contributed by atoms with van der Waals surface area (Å²) in [5.74, 6) is 0.986. The van der Waals surface area contributed by atoms with Crippen LogP contribution in [0.1, 0.15) is 23.1 Å². The van der Waals surface area contributed by atoms with Gasteiger partial charge in [0, 0.05) is 11.3 Å². The molecule has 0 unspecified atom stereocenters. The van der Waals surface area contributed by atoms with Crippen molar-refractivity contribution in [2.45, 2.75) is 17.5 Å². The molecule has 9 heteroatoms. The van der Waals surface area contributed by atoms with E-state index in [2.05, 4.69) is 15.2 Å². The highest BCUT2D eigenvalue weighted by Gasteiger charge is 2.51. The fraction of sp³-hybridized carbons (Fsp3) is 0.182. The summed E-state index contributed by atoms with van der Waals surface area (Å²) in [5.41, 5.74) is 9.28. The van der Waals surface area contributed by atoms with Gasteiger partial charge in [0.05, 0.1) is 0 Å². The molecule has 3 heterocycles. The molecule has 0 spiro atoms. The number of H-pyrrole nitrogens is 1. The number of ether oxygens (including phenoxy) is 1.